The number of nitrogens with zero attached hydrogens (tertiary/aromatic N) is 1. The Balaban J connectivity index is 2.18. The van der Waals surface area contributed by atoms with E-state index in [1.807, 2.05) is 45.0 Å². The van der Waals surface area contributed by atoms with Crippen LogP contribution < -0.4 is 0 Å². The summed E-state index contributed by atoms with van der Waals surface area (Å²) in [5.74, 6) is 0. The molecule has 2 rings (SSSR count). The van der Waals surface area contributed by atoms with Gasteiger partial charge in [-0.15, -0.1) is 0 Å². The van der Waals surface area contributed by atoms with Crippen molar-refractivity contribution >= 4 is 6.09 Å². The summed E-state index contributed by atoms with van der Waals surface area (Å²) < 4.78 is 5.48. The van der Waals surface area contributed by atoms with E-state index in [1.54, 1.807) is 4.90 Å². The Morgan fingerprint density at radius 1 is 1.21 bits per heavy atom. The van der Waals surface area contributed by atoms with Crippen molar-refractivity contribution in [1.29, 1.82) is 0 Å². The van der Waals surface area contributed by atoms with Crippen LogP contribution in [0, 0.1) is 0 Å². The zero-order valence-electron chi connectivity index (χ0n) is 11.8. The van der Waals surface area contributed by atoms with Crippen LogP contribution in [-0.2, 0) is 4.74 Å². The Morgan fingerprint density at radius 2 is 1.89 bits per heavy atom. The van der Waals surface area contributed by atoms with Crippen molar-refractivity contribution < 1.29 is 9.53 Å². The third-order valence-corrected chi connectivity index (χ3v) is 3.02. The van der Waals surface area contributed by atoms with Gasteiger partial charge in [-0.1, -0.05) is 42.5 Å². The van der Waals surface area contributed by atoms with Crippen molar-refractivity contribution in [3.63, 3.8) is 0 Å². The van der Waals surface area contributed by atoms with E-state index in [0.717, 1.165) is 12.0 Å². The van der Waals surface area contributed by atoms with Gasteiger partial charge in [0.05, 0.1) is 6.04 Å². The predicted molar refractivity (Wildman–Crippen MR) is 75.9 cm³/mol. The molecule has 19 heavy (non-hydrogen) atoms. The highest BCUT2D eigenvalue weighted by molar-refractivity contribution is 5.69. The maximum atomic E-state index is 12.3. The molecule has 0 radical (unpaired) electrons. The summed E-state index contributed by atoms with van der Waals surface area (Å²) in [5, 5.41) is 0. The Morgan fingerprint density at radius 3 is 2.53 bits per heavy atom. The second kappa shape index (κ2) is 5.47. The Hall–Kier alpha value is -1.77. The molecule has 1 aliphatic heterocycles. The van der Waals surface area contributed by atoms with E-state index >= 15 is 0 Å². The predicted octanol–water partition coefficient (Wildman–Crippen LogP) is 3.92. The third kappa shape index (κ3) is 3.60. The van der Waals surface area contributed by atoms with Crippen molar-refractivity contribution in [3.05, 3.63) is 48.0 Å². The highest BCUT2D eigenvalue weighted by Crippen LogP contribution is 2.29. The van der Waals surface area contributed by atoms with Gasteiger partial charge in [0.15, 0.2) is 0 Å². The van der Waals surface area contributed by atoms with E-state index in [9.17, 15) is 4.79 Å². The van der Waals surface area contributed by atoms with Crippen molar-refractivity contribution in [3.8, 4) is 0 Å². The Bertz CT molecular complexity index is 459. The van der Waals surface area contributed by atoms with Crippen LogP contribution in [0.15, 0.2) is 42.5 Å². The number of amides is 1. The molecule has 1 aromatic rings. The quantitative estimate of drug-likeness (QED) is 0.715. The average Bonchev–Trinajstić information content (AvgIpc) is 2.38. The minimum absolute atomic E-state index is 0.0704. The zero-order chi connectivity index (χ0) is 13.9. The molecule has 0 bridgehead atoms. The van der Waals surface area contributed by atoms with Crippen molar-refractivity contribution in [1.82, 2.24) is 4.90 Å². The fourth-order valence-electron chi connectivity index (χ4n) is 2.18. The summed E-state index contributed by atoms with van der Waals surface area (Å²) in [5.41, 5.74) is 0.692. The molecule has 1 atom stereocenters. The number of hydrogen-bond acceptors (Lipinski definition) is 2. The van der Waals surface area contributed by atoms with Crippen LogP contribution in [0.5, 0.6) is 0 Å². The number of carbonyl (C=O) groups excluding carboxylic acids is 1. The zero-order valence-corrected chi connectivity index (χ0v) is 11.8. The molecule has 0 aliphatic carbocycles. The second-order valence-corrected chi connectivity index (χ2v) is 5.77. The summed E-state index contributed by atoms with van der Waals surface area (Å²) in [6.07, 6.45) is 4.73. The molecule has 1 amide bonds. The monoisotopic (exact) mass is 259 g/mol. The molecule has 0 unspecified atom stereocenters. The smallest absolute Gasteiger partial charge is 0.411 e. The van der Waals surface area contributed by atoms with Crippen molar-refractivity contribution in [2.24, 2.45) is 0 Å². The van der Waals surface area contributed by atoms with Gasteiger partial charge in [0.2, 0.25) is 0 Å². The molecule has 1 heterocycles. The fraction of sp³-hybridized carbons (Fsp3) is 0.438. The number of carbonyl (C=O) groups is 1. The van der Waals surface area contributed by atoms with Crippen molar-refractivity contribution in [2.45, 2.75) is 38.8 Å². The van der Waals surface area contributed by atoms with E-state index in [4.69, 9.17) is 4.74 Å². The summed E-state index contributed by atoms with van der Waals surface area (Å²) in [4.78, 5) is 14.1. The van der Waals surface area contributed by atoms with Gasteiger partial charge in [-0.2, -0.15) is 0 Å². The molecule has 1 aromatic carbocycles. The molecule has 102 valence electrons. The van der Waals surface area contributed by atoms with Gasteiger partial charge in [0.1, 0.15) is 5.60 Å². The van der Waals surface area contributed by atoms with Gasteiger partial charge in [-0.3, -0.25) is 4.90 Å². The normalized spacial score (nSPS) is 19.3. The molecule has 3 nitrogen and oxygen atoms in total. The minimum atomic E-state index is -0.459. The second-order valence-electron chi connectivity index (χ2n) is 5.77. The first kappa shape index (κ1) is 13.7. The molecular weight excluding hydrogens is 238 g/mol. The van der Waals surface area contributed by atoms with Gasteiger partial charge in [0.25, 0.3) is 0 Å². The highest BCUT2D eigenvalue weighted by atomic mass is 16.6. The van der Waals surface area contributed by atoms with Crippen LogP contribution in [0.25, 0.3) is 0 Å². The molecule has 3 heteroatoms. The fourth-order valence-corrected chi connectivity index (χ4v) is 2.18. The Labute approximate surface area is 114 Å². The van der Waals surface area contributed by atoms with E-state index in [0.29, 0.717) is 6.54 Å². The first-order chi connectivity index (χ1) is 8.97. The Kier molecular flexibility index (Phi) is 3.93. The summed E-state index contributed by atoms with van der Waals surface area (Å²) in [6, 6.07) is 10.2. The van der Waals surface area contributed by atoms with E-state index < -0.39 is 5.60 Å². The molecule has 0 saturated heterocycles. The standard InChI is InChI=1S/C16H21NO2/c1-16(2,3)19-15(18)17-12-8-7-11-14(17)13-9-5-4-6-10-13/h4-10,14H,11-12H2,1-3H3/t14-/m1/s1. The molecule has 0 spiro atoms. The van der Waals surface area contributed by atoms with Gasteiger partial charge in [-0.25, -0.2) is 4.79 Å². The van der Waals surface area contributed by atoms with Crippen LogP contribution in [0.2, 0.25) is 0 Å². The lowest BCUT2D eigenvalue weighted by molar-refractivity contribution is 0.0176. The van der Waals surface area contributed by atoms with Crippen LogP contribution in [0.4, 0.5) is 4.79 Å². The number of ether oxygens (including phenoxy) is 1. The average molecular weight is 259 g/mol. The molecule has 0 saturated carbocycles. The third-order valence-electron chi connectivity index (χ3n) is 3.02. The maximum Gasteiger partial charge on any atom is 0.411 e. The lowest BCUT2D eigenvalue weighted by Crippen LogP contribution is -2.40. The number of rotatable bonds is 1. The largest absolute Gasteiger partial charge is 0.444 e. The summed E-state index contributed by atoms with van der Waals surface area (Å²) >= 11 is 0. The van der Waals surface area contributed by atoms with Crippen LogP contribution in [-0.4, -0.2) is 23.1 Å². The first-order valence-electron chi connectivity index (χ1n) is 6.67. The molecular formula is C16H21NO2. The lowest BCUT2D eigenvalue weighted by atomic mass is 9.99. The summed E-state index contributed by atoms with van der Waals surface area (Å²) in [7, 11) is 0. The highest BCUT2D eigenvalue weighted by Gasteiger charge is 2.29. The molecule has 0 fully saturated rings. The van der Waals surface area contributed by atoms with Gasteiger partial charge < -0.3 is 4.74 Å². The van der Waals surface area contributed by atoms with Crippen molar-refractivity contribution in [2.75, 3.05) is 6.54 Å². The van der Waals surface area contributed by atoms with E-state index in [1.165, 1.54) is 0 Å². The summed E-state index contributed by atoms with van der Waals surface area (Å²) in [6.45, 7) is 6.28. The van der Waals surface area contributed by atoms with Crippen LogP contribution in [0.3, 0.4) is 0 Å². The SMILES string of the molecule is CC(C)(C)OC(=O)N1CC=CC[C@@H]1c1ccccc1. The van der Waals surface area contributed by atoms with Gasteiger partial charge in [-0.05, 0) is 32.8 Å². The van der Waals surface area contributed by atoms with Crippen LogP contribution in [0.1, 0.15) is 38.8 Å². The van der Waals surface area contributed by atoms with Gasteiger partial charge in [0, 0.05) is 6.54 Å². The molecule has 0 N–H and O–H groups in total. The number of benzene rings is 1. The molecule has 1 aliphatic rings. The maximum absolute atomic E-state index is 12.3. The van der Waals surface area contributed by atoms with E-state index in [2.05, 4.69) is 18.2 Å². The first-order valence-corrected chi connectivity index (χ1v) is 6.67. The van der Waals surface area contributed by atoms with E-state index in [-0.39, 0.29) is 12.1 Å². The molecule has 0 aromatic heterocycles. The number of hydrogen-bond donors (Lipinski definition) is 0. The minimum Gasteiger partial charge on any atom is -0.444 e. The van der Waals surface area contributed by atoms with Gasteiger partial charge >= 0.3 is 6.09 Å². The van der Waals surface area contributed by atoms with Crippen LogP contribution >= 0.6 is 0 Å². The topological polar surface area (TPSA) is 29.5 Å². The lowest BCUT2D eigenvalue weighted by Gasteiger charge is -2.34.